The van der Waals surface area contributed by atoms with E-state index in [1.165, 1.54) is 24.3 Å². The number of carbonyl (C=O) groups is 3. The number of amides is 1. The van der Waals surface area contributed by atoms with E-state index < -0.39 is 23.9 Å². The van der Waals surface area contributed by atoms with Crippen molar-refractivity contribution in [2.24, 2.45) is 0 Å². The molecule has 2 aromatic carbocycles. The third-order valence-electron chi connectivity index (χ3n) is 3.83. The van der Waals surface area contributed by atoms with Gasteiger partial charge in [0.05, 0.1) is 11.1 Å². The largest absolute Gasteiger partial charge is 0.478 e. The molecule has 1 unspecified atom stereocenters. The van der Waals surface area contributed by atoms with Gasteiger partial charge in [0.25, 0.3) is 5.91 Å². The van der Waals surface area contributed by atoms with E-state index in [2.05, 4.69) is 5.32 Å². The minimum Gasteiger partial charge on any atom is -0.478 e. The molecule has 0 aromatic heterocycles. The second-order valence-electron chi connectivity index (χ2n) is 5.63. The number of ether oxygens (including phenoxy) is 1. The lowest BCUT2D eigenvalue weighted by molar-refractivity contribution is -0.125. The van der Waals surface area contributed by atoms with E-state index in [9.17, 15) is 14.4 Å². The van der Waals surface area contributed by atoms with E-state index in [0.717, 1.165) is 11.1 Å². The number of carbonyl (C=O) groups excluding carboxylic acids is 2. The Hall–Kier alpha value is -3.15. The zero-order chi connectivity index (χ0) is 17.3. The Kier molecular flexibility index (Phi) is 4.04. The van der Waals surface area contributed by atoms with Crippen molar-refractivity contribution in [3.05, 3.63) is 64.7 Å². The number of aryl methyl sites for hydroxylation is 1. The van der Waals surface area contributed by atoms with Gasteiger partial charge in [-0.1, -0.05) is 17.7 Å². The molecule has 2 aromatic rings. The highest BCUT2D eigenvalue weighted by Gasteiger charge is 2.31. The van der Waals surface area contributed by atoms with Crippen molar-refractivity contribution < 1.29 is 24.2 Å². The van der Waals surface area contributed by atoms with Gasteiger partial charge < -0.3 is 15.2 Å². The van der Waals surface area contributed by atoms with Crippen molar-refractivity contribution in [1.82, 2.24) is 0 Å². The fourth-order valence-corrected chi connectivity index (χ4v) is 2.59. The summed E-state index contributed by atoms with van der Waals surface area (Å²) in [5.74, 6) is -2.00. The molecule has 3 rings (SSSR count). The summed E-state index contributed by atoms with van der Waals surface area (Å²) in [6.45, 7) is 1.92. The summed E-state index contributed by atoms with van der Waals surface area (Å²) in [7, 11) is 0. The lowest BCUT2D eigenvalue weighted by Gasteiger charge is -2.24. The first-order valence-electron chi connectivity index (χ1n) is 7.39. The van der Waals surface area contributed by atoms with Crippen molar-refractivity contribution in [2.75, 3.05) is 5.32 Å². The van der Waals surface area contributed by atoms with E-state index in [-0.39, 0.29) is 5.56 Å². The van der Waals surface area contributed by atoms with E-state index in [4.69, 9.17) is 9.84 Å². The molecule has 0 bridgehead atoms. The van der Waals surface area contributed by atoms with Crippen molar-refractivity contribution in [2.45, 2.75) is 19.4 Å². The quantitative estimate of drug-likeness (QED) is 0.845. The van der Waals surface area contributed by atoms with Crippen LogP contribution in [0, 0.1) is 6.92 Å². The van der Waals surface area contributed by atoms with Crippen molar-refractivity contribution in [1.29, 1.82) is 0 Å². The number of hydrogen-bond donors (Lipinski definition) is 2. The maximum absolute atomic E-state index is 12.3. The van der Waals surface area contributed by atoms with Crippen molar-refractivity contribution >= 4 is 23.5 Å². The van der Waals surface area contributed by atoms with Crippen LogP contribution in [0.4, 0.5) is 5.69 Å². The predicted octanol–water partition coefficient (Wildman–Crippen LogP) is 2.41. The molecule has 122 valence electrons. The number of aromatic carboxylic acids is 1. The summed E-state index contributed by atoms with van der Waals surface area (Å²) >= 11 is 0. The van der Waals surface area contributed by atoms with E-state index >= 15 is 0 Å². The molecule has 1 aliphatic heterocycles. The fraction of sp³-hybridized carbons (Fsp3) is 0.167. The molecular weight excluding hydrogens is 310 g/mol. The standard InChI is InChI=1S/C18H15NO5/c1-10-2-7-14-12(8-10)9-15(24-18(14)23)16(20)19-13-5-3-11(4-6-13)17(21)22/h2-8,15H,9H2,1H3,(H,19,20)(H,21,22). The Labute approximate surface area is 138 Å². The first-order valence-corrected chi connectivity index (χ1v) is 7.39. The van der Waals surface area contributed by atoms with Crippen LogP contribution >= 0.6 is 0 Å². The van der Waals surface area contributed by atoms with Gasteiger partial charge in [-0.3, -0.25) is 4.79 Å². The average molecular weight is 325 g/mol. The van der Waals surface area contributed by atoms with E-state index in [0.29, 0.717) is 17.7 Å². The molecule has 0 fully saturated rings. The summed E-state index contributed by atoms with van der Waals surface area (Å²) in [6.07, 6.45) is -0.604. The molecule has 6 nitrogen and oxygen atoms in total. The third kappa shape index (κ3) is 3.12. The predicted molar refractivity (Wildman–Crippen MR) is 86.1 cm³/mol. The first kappa shape index (κ1) is 15.7. The highest BCUT2D eigenvalue weighted by molar-refractivity contribution is 6.00. The molecular formula is C18H15NO5. The van der Waals surface area contributed by atoms with Gasteiger partial charge in [-0.15, -0.1) is 0 Å². The molecule has 6 heteroatoms. The minimum atomic E-state index is -1.04. The van der Waals surface area contributed by atoms with Crippen LogP contribution in [-0.2, 0) is 16.0 Å². The van der Waals surface area contributed by atoms with Crippen LogP contribution in [0.1, 0.15) is 31.8 Å². The van der Waals surface area contributed by atoms with Gasteiger partial charge in [0, 0.05) is 12.1 Å². The number of nitrogens with one attached hydrogen (secondary N) is 1. The summed E-state index contributed by atoms with van der Waals surface area (Å²) < 4.78 is 5.20. The molecule has 1 amide bonds. The van der Waals surface area contributed by atoms with Crippen LogP contribution < -0.4 is 5.32 Å². The third-order valence-corrected chi connectivity index (χ3v) is 3.83. The topological polar surface area (TPSA) is 92.7 Å². The maximum atomic E-state index is 12.3. The number of rotatable bonds is 3. The Bertz CT molecular complexity index is 826. The highest BCUT2D eigenvalue weighted by Crippen LogP contribution is 2.23. The highest BCUT2D eigenvalue weighted by atomic mass is 16.5. The molecule has 0 saturated carbocycles. The molecule has 0 saturated heterocycles. The molecule has 0 aliphatic carbocycles. The van der Waals surface area contributed by atoms with E-state index in [1.807, 2.05) is 19.1 Å². The zero-order valence-corrected chi connectivity index (χ0v) is 12.9. The number of hydrogen-bond acceptors (Lipinski definition) is 4. The van der Waals surface area contributed by atoms with Crippen LogP contribution in [0.25, 0.3) is 0 Å². The van der Waals surface area contributed by atoms with Gasteiger partial charge in [0.15, 0.2) is 6.10 Å². The number of esters is 1. The summed E-state index contributed by atoms with van der Waals surface area (Å²) in [4.78, 5) is 35.2. The van der Waals surface area contributed by atoms with Crippen molar-refractivity contribution in [3.8, 4) is 0 Å². The lowest BCUT2D eigenvalue weighted by Crippen LogP contribution is -2.38. The smallest absolute Gasteiger partial charge is 0.339 e. The second-order valence-corrected chi connectivity index (χ2v) is 5.63. The number of carboxylic acid groups (broad SMARTS) is 1. The Morgan fingerprint density at radius 2 is 1.88 bits per heavy atom. The Morgan fingerprint density at radius 1 is 1.17 bits per heavy atom. The number of cyclic esters (lactones) is 1. The van der Waals surface area contributed by atoms with Crippen LogP contribution in [-0.4, -0.2) is 29.1 Å². The van der Waals surface area contributed by atoms with Gasteiger partial charge in [-0.05, 0) is 42.8 Å². The Morgan fingerprint density at radius 3 is 2.54 bits per heavy atom. The van der Waals surface area contributed by atoms with Crippen LogP contribution in [0.2, 0.25) is 0 Å². The average Bonchev–Trinajstić information content (AvgIpc) is 2.54. The number of carboxylic acids is 1. The molecule has 1 atom stereocenters. The molecule has 1 heterocycles. The van der Waals surface area contributed by atoms with Gasteiger partial charge >= 0.3 is 11.9 Å². The SMILES string of the molecule is Cc1ccc2c(c1)CC(C(=O)Nc1ccc(C(=O)O)cc1)OC2=O. The Balaban J connectivity index is 1.74. The molecule has 0 spiro atoms. The number of fused-ring (bicyclic) bond motifs is 1. The normalized spacial score (nSPS) is 16.0. The molecule has 0 radical (unpaired) electrons. The van der Waals surface area contributed by atoms with Gasteiger partial charge in [0.2, 0.25) is 0 Å². The number of anilines is 1. The van der Waals surface area contributed by atoms with Gasteiger partial charge in [-0.25, -0.2) is 9.59 Å². The van der Waals surface area contributed by atoms with Gasteiger partial charge in [0.1, 0.15) is 0 Å². The van der Waals surface area contributed by atoms with Crippen molar-refractivity contribution in [3.63, 3.8) is 0 Å². The number of benzene rings is 2. The summed E-state index contributed by atoms with van der Waals surface area (Å²) in [5.41, 5.74) is 2.84. The summed E-state index contributed by atoms with van der Waals surface area (Å²) in [6, 6.07) is 11.2. The molecule has 1 aliphatic rings. The maximum Gasteiger partial charge on any atom is 0.339 e. The molecule has 2 N–H and O–H groups in total. The first-order chi connectivity index (χ1) is 11.4. The van der Waals surface area contributed by atoms with Gasteiger partial charge in [-0.2, -0.15) is 0 Å². The van der Waals surface area contributed by atoms with E-state index in [1.54, 1.807) is 6.07 Å². The van der Waals surface area contributed by atoms with Crippen LogP contribution in [0.5, 0.6) is 0 Å². The van der Waals surface area contributed by atoms with Crippen LogP contribution in [0.15, 0.2) is 42.5 Å². The van der Waals surface area contributed by atoms with Crippen LogP contribution in [0.3, 0.4) is 0 Å². The lowest BCUT2D eigenvalue weighted by atomic mass is 9.96. The second kappa shape index (κ2) is 6.16. The minimum absolute atomic E-state index is 0.126. The monoisotopic (exact) mass is 325 g/mol. The molecule has 24 heavy (non-hydrogen) atoms. The fourth-order valence-electron chi connectivity index (χ4n) is 2.59. The zero-order valence-electron chi connectivity index (χ0n) is 12.9. The summed E-state index contributed by atoms with van der Waals surface area (Å²) in [5, 5.41) is 11.5.